The van der Waals surface area contributed by atoms with E-state index in [1.54, 1.807) is 6.21 Å². The lowest BCUT2D eigenvalue weighted by molar-refractivity contribution is 1.01. The lowest BCUT2D eigenvalue weighted by Gasteiger charge is -1.97. The quantitative estimate of drug-likeness (QED) is 0.399. The average Bonchev–Trinajstić information content (AvgIpc) is 3.00. The number of rotatable bonds is 4. The highest BCUT2D eigenvalue weighted by atomic mass is 79.9. The summed E-state index contributed by atoms with van der Waals surface area (Å²) in [7, 11) is 0. The van der Waals surface area contributed by atoms with Crippen molar-refractivity contribution >= 4 is 56.2 Å². The third-order valence-electron chi connectivity index (χ3n) is 3.58. The summed E-state index contributed by atoms with van der Waals surface area (Å²) in [6.45, 7) is 0. The van der Waals surface area contributed by atoms with Crippen molar-refractivity contribution in [1.82, 2.24) is 20.2 Å². The van der Waals surface area contributed by atoms with E-state index in [0.29, 0.717) is 11.6 Å². The first-order valence-electron chi connectivity index (χ1n) is 7.62. The standard InChI is InChI=1S/C18H13BrN6/c19-13(10-12-6-2-1-3-7-12)11-20-24-18-22-17-16(23-25-18)14-8-4-5-9-15(14)21-17/h1-11H,(H2,21,22,24,25)/b13-10-,20-11-. The molecule has 4 aromatic rings. The normalized spacial score (nSPS) is 12.3. The Hall–Kier alpha value is -3.06. The second-order valence-corrected chi connectivity index (χ2v) is 6.23. The van der Waals surface area contributed by atoms with Crippen LogP contribution in [0.3, 0.4) is 0 Å². The third-order valence-corrected chi connectivity index (χ3v) is 4.01. The minimum atomic E-state index is 0.329. The first-order chi connectivity index (χ1) is 12.3. The minimum absolute atomic E-state index is 0.329. The number of fused-ring (bicyclic) bond motifs is 3. The summed E-state index contributed by atoms with van der Waals surface area (Å²) in [6.07, 6.45) is 3.61. The van der Waals surface area contributed by atoms with E-state index in [-0.39, 0.29) is 0 Å². The maximum Gasteiger partial charge on any atom is 0.265 e. The lowest BCUT2D eigenvalue weighted by Crippen LogP contribution is -1.98. The van der Waals surface area contributed by atoms with Crippen molar-refractivity contribution < 1.29 is 0 Å². The molecule has 4 rings (SSSR count). The van der Waals surface area contributed by atoms with Gasteiger partial charge in [-0.15, -0.1) is 10.2 Å². The average molecular weight is 393 g/mol. The van der Waals surface area contributed by atoms with Crippen molar-refractivity contribution in [3.8, 4) is 0 Å². The van der Waals surface area contributed by atoms with Crippen LogP contribution < -0.4 is 5.43 Å². The molecule has 0 aliphatic rings. The van der Waals surface area contributed by atoms with E-state index in [1.165, 1.54) is 0 Å². The number of benzene rings is 2. The molecule has 0 spiro atoms. The predicted octanol–water partition coefficient (Wildman–Crippen LogP) is 4.34. The molecule has 6 nitrogen and oxygen atoms in total. The fourth-order valence-electron chi connectivity index (χ4n) is 2.47. The van der Waals surface area contributed by atoms with Crippen LogP contribution in [0.4, 0.5) is 5.95 Å². The molecule has 122 valence electrons. The number of H-pyrrole nitrogens is 1. The first kappa shape index (κ1) is 15.5. The highest BCUT2D eigenvalue weighted by molar-refractivity contribution is 9.12. The highest BCUT2D eigenvalue weighted by Crippen LogP contribution is 2.21. The Labute approximate surface area is 151 Å². The molecule has 25 heavy (non-hydrogen) atoms. The van der Waals surface area contributed by atoms with E-state index >= 15 is 0 Å². The summed E-state index contributed by atoms with van der Waals surface area (Å²) in [4.78, 5) is 7.63. The van der Waals surface area contributed by atoms with Gasteiger partial charge < -0.3 is 4.98 Å². The van der Waals surface area contributed by atoms with E-state index in [9.17, 15) is 0 Å². The zero-order chi connectivity index (χ0) is 17.1. The second kappa shape index (κ2) is 6.82. The number of halogens is 1. The largest absolute Gasteiger partial charge is 0.338 e. The molecule has 0 unspecified atom stereocenters. The number of hydrogen-bond donors (Lipinski definition) is 2. The number of nitrogens with zero attached hydrogens (tertiary/aromatic N) is 4. The molecule has 2 aromatic carbocycles. The lowest BCUT2D eigenvalue weighted by atomic mass is 10.2. The second-order valence-electron chi connectivity index (χ2n) is 5.31. The van der Waals surface area contributed by atoms with Gasteiger partial charge in [-0.05, 0) is 33.6 Å². The van der Waals surface area contributed by atoms with Crippen molar-refractivity contribution in [3.63, 3.8) is 0 Å². The fourth-order valence-corrected chi connectivity index (χ4v) is 2.83. The Morgan fingerprint density at radius 3 is 2.72 bits per heavy atom. The molecular formula is C18H13BrN6. The van der Waals surface area contributed by atoms with Crippen LogP contribution in [-0.4, -0.2) is 26.4 Å². The Kier molecular flexibility index (Phi) is 4.22. The number of hydrogen-bond acceptors (Lipinski definition) is 5. The van der Waals surface area contributed by atoms with Gasteiger partial charge in [0.05, 0.1) is 6.21 Å². The molecule has 0 saturated heterocycles. The molecule has 2 aromatic heterocycles. The van der Waals surface area contributed by atoms with E-state index in [1.807, 2.05) is 60.7 Å². The number of aromatic nitrogens is 4. The molecule has 2 N–H and O–H groups in total. The van der Waals surface area contributed by atoms with Gasteiger partial charge in [-0.3, -0.25) is 0 Å². The molecule has 0 radical (unpaired) electrons. The molecule has 0 saturated carbocycles. The SMILES string of the molecule is BrC(/C=N\Nc1nnc2c(n1)[nH]c1ccccc12)=C\c1ccccc1. The highest BCUT2D eigenvalue weighted by Gasteiger charge is 2.07. The Bertz CT molecular complexity index is 1080. The van der Waals surface area contributed by atoms with Crippen LogP contribution >= 0.6 is 15.9 Å². The van der Waals surface area contributed by atoms with Crippen molar-refractivity contribution in [1.29, 1.82) is 0 Å². The molecule has 0 atom stereocenters. The molecule has 0 bridgehead atoms. The van der Waals surface area contributed by atoms with Crippen LogP contribution in [0.5, 0.6) is 0 Å². The van der Waals surface area contributed by atoms with Crippen LogP contribution in [0.25, 0.3) is 28.1 Å². The number of allylic oxidation sites excluding steroid dienone is 1. The van der Waals surface area contributed by atoms with Gasteiger partial charge in [-0.25, -0.2) is 5.43 Å². The van der Waals surface area contributed by atoms with Crippen molar-refractivity contribution in [2.24, 2.45) is 5.10 Å². The summed E-state index contributed by atoms with van der Waals surface area (Å²) in [5.41, 5.74) is 6.27. The minimum Gasteiger partial charge on any atom is -0.338 e. The van der Waals surface area contributed by atoms with Gasteiger partial charge in [0.2, 0.25) is 0 Å². The maximum absolute atomic E-state index is 4.40. The van der Waals surface area contributed by atoms with Gasteiger partial charge in [0.15, 0.2) is 5.65 Å². The number of anilines is 1. The van der Waals surface area contributed by atoms with Gasteiger partial charge in [-0.1, -0.05) is 48.5 Å². The van der Waals surface area contributed by atoms with Gasteiger partial charge in [0.1, 0.15) is 5.52 Å². The first-order valence-corrected chi connectivity index (χ1v) is 8.41. The van der Waals surface area contributed by atoms with Gasteiger partial charge in [-0.2, -0.15) is 10.1 Å². The third kappa shape index (κ3) is 3.41. The summed E-state index contributed by atoms with van der Waals surface area (Å²) in [5.74, 6) is 0.329. The molecule has 0 aliphatic carbocycles. The summed E-state index contributed by atoms with van der Waals surface area (Å²) >= 11 is 3.46. The van der Waals surface area contributed by atoms with Crippen LogP contribution in [0.2, 0.25) is 0 Å². The van der Waals surface area contributed by atoms with E-state index in [4.69, 9.17) is 0 Å². The van der Waals surface area contributed by atoms with Gasteiger partial charge >= 0.3 is 0 Å². The number of aromatic amines is 1. The Balaban J connectivity index is 1.52. The van der Waals surface area contributed by atoms with Gasteiger partial charge in [0.25, 0.3) is 5.95 Å². The van der Waals surface area contributed by atoms with Gasteiger partial charge in [0, 0.05) is 15.4 Å². The molecule has 2 heterocycles. The van der Waals surface area contributed by atoms with Crippen LogP contribution in [0.1, 0.15) is 5.56 Å². The number of nitrogens with one attached hydrogen (secondary N) is 2. The topological polar surface area (TPSA) is 78.8 Å². The van der Waals surface area contributed by atoms with Crippen molar-refractivity contribution in [2.45, 2.75) is 0 Å². The molecule has 0 amide bonds. The zero-order valence-corrected chi connectivity index (χ0v) is 14.6. The fraction of sp³-hybridized carbons (Fsp3) is 0. The van der Waals surface area contributed by atoms with Crippen LogP contribution in [0.15, 0.2) is 64.2 Å². The Morgan fingerprint density at radius 2 is 1.84 bits per heavy atom. The maximum atomic E-state index is 4.40. The Morgan fingerprint density at radius 1 is 1.04 bits per heavy atom. The summed E-state index contributed by atoms with van der Waals surface area (Å²) in [6, 6.07) is 17.9. The molecule has 0 aliphatic heterocycles. The summed E-state index contributed by atoms with van der Waals surface area (Å²) in [5, 5.41) is 13.4. The molecule has 7 heteroatoms. The van der Waals surface area contributed by atoms with Crippen molar-refractivity contribution in [2.75, 3.05) is 5.43 Å². The van der Waals surface area contributed by atoms with Crippen LogP contribution in [0, 0.1) is 0 Å². The summed E-state index contributed by atoms with van der Waals surface area (Å²) < 4.78 is 0.825. The number of hydrazone groups is 1. The zero-order valence-electron chi connectivity index (χ0n) is 13.0. The number of para-hydroxylation sites is 1. The van der Waals surface area contributed by atoms with E-state index in [0.717, 1.165) is 26.5 Å². The molecular weight excluding hydrogens is 380 g/mol. The smallest absolute Gasteiger partial charge is 0.265 e. The molecule has 0 fully saturated rings. The predicted molar refractivity (Wildman–Crippen MR) is 105 cm³/mol. The van der Waals surface area contributed by atoms with Crippen molar-refractivity contribution in [3.05, 3.63) is 64.6 Å². The van der Waals surface area contributed by atoms with E-state index < -0.39 is 0 Å². The van der Waals surface area contributed by atoms with Crippen LogP contribution in [-0.2, 0) is 0 Å². The monoisotopic (exact) mass is 392 g/mol. The van der Waals surface area contributed by atoms with E-state index in [2.05, 4.69) is 46.6 Å².